The number of carbonyl (C=O) groups excluding carboxylic acids is 1. The van der Waals surface area contributed by atoms with Crippen molar-refractivity contribution in [2.75, 3.05) is 17.7 Å². The molecule has 2 N–H and O–H groups in total. The van der Waals surface area contributed by atoms with E-state index in [2.05, 4.69) is 31.5 Å². The van der Waals surface area contributed by atoms with Crippen LogP contribution in [0, 0.1) is 0 Å². The van der Waals surface area contributed by atoms with E-state index in [1.165, 1.54) is 0 Å². The summed E-state index contributed by atoms with van der Waals surface area (Å²) >= 11 is 3.36. The highest BCUT2D eigenvalue weighted by atomic mass is 79.9. The van der Waals surface area contributed by atoms with Gasteiger partial charge in [-0.25, -0.2) is 4.98 Å². The highest BCUT2D eigenvalue weighted by molar-refractivity contribution is 9.10. The summed E-state index contributed by atoms with van der Waals surface area (Å²) in [7, 11) is 1.62. The molecule has 0 aliphatic carbocycles. The second-order valence-electron chi connectivity index (χ2n) is 5.22. The van der Waals surface area contributed by atoms with Crippen molar-refractivity contribution in [2.45, 2.75) is 0 Å². The molecule has 0 bridgehead atoms. The zero-order valence-corrected chi connectivity index (χ0v) is 15.1. The first-order chi connectivity index (χ1) is 12.2. The van der Waals surface area contributed by atoms with Gasteiger partial charge in [-0.05, 0) is 48.5 Å². The van der Waals surface area contributed by atoms with E-state index in [1.807, 2.05) is 48.5 Å². The number of halogens is 1. The van der Waals surface area contributed by atoms with Gasteiger partial charge in [-0.15, -0.1) is 0 Å². The summed E-state index contributed by atoms with van der Waals surface area (Å²) < 4.78 is 6.26. The van der Waals surface area contributed by atoms with Crippen LogP contribution in [0.3, 0.4) is 0 Å². The van der Waals surface area contributed by atoms with Crippen LogP contribution in [-0.2, 0) is 0 Å². The average molecular weight is 398 g/mol. The lowest BCUT2D eigenvalue weighted by Gasteiger charge is -2.11. The third kappa shape index (κ3) is 4.36. The number of pyridine rings is 1. The van der Waals surface area contributed by atoms with Gasteiger partial charge < -0.3 is 15.4 Å². The van der Waals surface area contributed by atoms with E-state index in [1.54, 1.807) is 25.4 Å². The third-order valence-corrected chi connectivity index (χ3v) is 4.01. The highest BCUT2D eigenvalue weighted by Crippen LogP contribution is 2.26. The molecular weight excluding hydrogens is 382 g/mol. The minimum atomic E-state index is -0.258. The number of benzene rings is 2. The van der Waals surface area contributed by atoms with Crippen LogP contribution in [0.5, 0.6) is 5.75 Å². The SMILES string of the molecule is COc1ccccc1Nc1ccc(C(=O)Nc2ccc(Br)cc2)nc1. The smallest absolute Gasteiger partial charge is 0.274 e. The lowest BCUT2D eigenvalue weighted by atomic mass is 10.2. The van der Waals surface area contributed by atoms with Crippen molar-refractivity contribution in [1.29, 1.82) is 0 Å². The van der Waals surface area contributed by atoms with Crippen molar-refractivity contribution in [3.05, 3.63) is 77.0 Å². The first kappa shape index (κ1) is 17.0. The Kier molecular flexibility index (Phi) is 5.30. The number of para-hydroxylation sites is 2. The second kappa shape index (κ2) is 7.81. The maximum absolute atomic E-state index is 12.2. The largest absolute Gasteiger partial charge is 0.495 e. The number of amides is 1. The summed E-state index contributed by atoms with van der Waals surface area (Å²) in [6.45, 7) is 0. The van der Waals surface area contributed by atoms with Crippen molar-refractivity contribution < 1.29 is 9.53 Å². The molecule has 1 amide bonds. The second-order valence-corrected chi connectivity index (χ2v) is 6.13. The Morgan fingerprint density at radius 3 is 2.40 bits per heavy atom. The molecule has 0 fully saturated rings. The number of ether oxygens (including phenoxy) is 1. The number of carbonyl (C=O) groups is 1. The van der Waals surface area contributed by atoms with Gasteiger partial charge in [-0.3, -0.25) is 4.79 Å². The lowest BCUT2D eigenvalue weighted by molar-refractivity contribution is 0.102. The van der Waals surface area contributed by atoms with E-state index in [-0.39, 0.29) is 5.91 Å². The van der Waals surface area contributed by atoms with E-state index >= 15 is 0 Å². The Labute approximate surface area is 154 Å². The highest BCUT2D eigenvalue weighted by Gasteiger charge is 2.08. The zero-order valence-electron chi connectivity index (χ0n) is 13.5. The number of aromatic nitrogens is 1. The monoisotopic (exact) mass is 397 g/mol. The minimum absolute atomic E-state index is 0.258. The van der Waals surface area contributed by atoms with Gasteiger partial charge in [-0.1, -0.05) is 28.1 Å². The molecule has 2 aromatic carbocycles. The van der Waals surface area contributed by atoms with E-state index < -0.39 is 0 Å². The summed E-state index contributed by atoms with van der Waals surface area (Å²) in [4.78, 5) is 16.5. The Morgan fingerprint density at radius 1 is 1.00 bits per heavy atom. The molecule has 3 aromatic rings. The van der Waals surface area contributed by atoms with Crippen molar-refractivity contribution in [3.8, 4) is 5.75 Å². The van der Waals surface area contributed by atoms with Gasteiger partial charge in [0, 0.05) is 10.2 Å². The normalized spacial score (nSPS) is 10.2. The minimum Gasteiger partial charge on any atom is -0.495 e. The molecule has 0 saturated carbocycles. The van der Waals surface area contributed by atoms with Crippen LogP contribution in [0.15, 0.2) is 71.3 Å². The fraction of sp³-hybridized carbons (Fsp3) is 0.0526. The maximum Gasteiger partial charge on any atom is 0.274 e. The Bertz CT molecular complexity index is 865. The van der Waals surface area contributed by atoms with E-state index in [4.69, 9.17) is 4.74 Å². The molecule has 1 aromatic heterocycles. The molecule has 0 atom stereocenters. The number of hydrogen-bond acceptors (Lipinski definition) is 4. The van der Waals surface area contributed by atoms with Crippen molar-refractivity contribution in [2.24, 2.45) is 0 Å². The van der Waals surface area contributed by atoms with Gasteiger partial charge in [0.2, 0.25) is 0 Å². The number of rotatable bonds is 5. The van der Waals surface area contributed by atoms with E-state index in [0.717, 1.165) is 21.6 Å². The van der Waals surface area contributed by atoms with E-state index in [9.17, 15) is 4.79 Å². The van der Waals surface area contributed by atoms with Crippen LogP contribution in [0.25, 0.3) is 0 Å². The molecule has 0 aliphatic rings. The molecule has 1 heterocycles. The summed E-state index contributed by atoms with van der Waals surface area (Å²) in [6, 6.07) is 18.4. The molecule has 0 saturated heterocycles. The summed E-state index contributed by atoms with van der Waals surface area (Å²) in [5.41, 5.74) is 2.66. The topological polar surface area (TPSA) is 63.2 Å². The Balaban J connectivity index is 1.69. The first-order valence-corrected chi connectivity index (χ1v) is 8.38. The molecule has 0 radical (unpaired) electrons. The quantitative estimate of drug-likeness (QED) is 0.645. The third-order valence-electron chi connectivity index (χ3n) is 3.48. The molecule has 126 valence electrons. The van der Waals surface area contributed by atoms with Crippen LogP contribution >= 0.6 is 15.9 Å². The van der Waals surface area contributed by atoms with Gasteiger partial charge in [0.05, 0.1) is 24.7 Å². The fourth-order valence-electron chi connectivity index (χ4n) is 2.23. The van der Waals surface area contributed by atoms with Gasteiger partial charge in [0.25, 0.3) is 5.91 Å². The fourth-order valence-corrected chi connectivity index (χ4v) is 2.50. The summed E-state index contributed by atoms with van der Waals surface area (Å²) in [6.07, 6.45) is 1.61. The number of nitrogens with zero attached hydrogens (tertiary/aromatic N) is 1. The number of nitrogens with one attached hydrogen (secondary N) is 2. The summed E-state index contributed by atoms with van der Waals surface area (Å²) in [5.74, 6) is 0.478. The van der Waals surface area contributed by atoms with Crippen LogP contribution in [0.2, 0.25) is 0 Å². The molecular formula is C19H16BrN3O2. The molecule has 3 rings (SSSR count). The molecule has 25 heavy (non-hydrogen) atoms. The first-order valence-electron chi connectivity index (χ1n) is 7.59. The van der Waals surface area contributed by atoms with Crippen LogP contribution in [-0.4, -0.2) is 18.0 Å². The van der Waals surface area contributed by atoms with Crippen LogP contribution < -0.4 is 15.4 Å². The average Bonchev–Trinajstić information content (AvgIpc) is 2.64. The van der Waals surface area contributed by atoms with Crippen molar-refractivity contribution in [3.63, 3.8) is 0 Å². The standard InChI is InChI=1S/C19H16BrN3O2/c1-25-18-5-3-2-4-16(18)22-15-10-11-17(21-12-15)19(24)23-14-8-6-13(20)7-9-14/h2-12,22H,1H3,(H,23,24). The lowest BCUT2D eigenvalue weighted by Crippen LogP contribution is -2.13. The zero-order chi connectivity index (χ0) is 17.6. The van der Waals surface area contributed by atoms with Crippen molar-refractivity contribution >= 4 is 38.9 Å². The summed E-state index contributed by atoms with van der Waals surface area (Å²) in [5, 5.41) is 6.03. The number of hydrogen-bond donors (Lipinski definition) is 2. The van der Waals surface area contributed by atoms with Crippen LogP contribution in [0.1, 0.15) is 10.5 Å². The van der Waals surface area contributed by atoms with Gasteiger partial charge in [-0.2, -0.15) is 0 Å². The number of methoxy groups -OCH3 is 1. The van der Waals surface area contributed by atoms with E-state index in [0.29, 0.717) is 11.4 Å². The molecule has 5 nitrogen and oxygen atoms in total. The molecule has 0 unspecified atom stereocenters. The predicted octanol–water partition coefficient (Wildman–Crippen LogP) is 4.85. The van der Waals surface area contributed by atoms with Crippen LogP contribution in [0.4, 0.5) is 17.1 Å². The van der Waals surface area contributed by atoms with Crippen molar-refractivity contribution in [1.82, 2.24) is 4.98 Å². The van der Waals surface area contributed by atoms with Gasteiger partial charge >= 0.3 is 0 Å². The molecule has 6 heteroatoms. The molecule has 0 spiro atoms. The predicted molar refractivity (Wildman–Crippen MR) is 103 cm³/mol. The maximum atomic E-state index is 12.2. The Hall–Kier alpha value is -2.86. The number of anilines is 3. The van der Waals surface area contributed by atoms with Gasteiger partial charge in [0.15, 0.2) is 0 Å². The molecule has 0 aliphatic heterocycles. The Morgan fingerprint density at radius 2 is 1.72 bits per heavy atom. The van der Waals surface area contributed by atoms with Gasteiger partial charge in [0.1, 0.15) is 11.4 Å².